The molecule has 0 aliphatic heterocycles. The summed E-state index contributed by atoms with van der Waals surface area (Å²) in [7, 11) is 1.21. The minimum Gasteiger partial charge on any atom is -0.465 e. The molecule has 0 fully saturated rings. The van der Waals surface area contributed by atoms with Gasteiger partial charge in [-0.3, -0.25) is 0 Å². The van der Waals surface area contributed by atoms with Crippen molar-refractivity contribution in [2.45, 2.75) is 13.1 Å². The second-order valence-electron chi connectivity index (χ2n) is 3.76. The highest BCUT2D eigenvalue weighted by Gasteiger charge is 2.12. The van der Waals surface area contributed by atoms with Crippen LogP contribution in [0, 0.1) is 5.82 Å². The summed E-state index contributed by atoms with van der Waals surface area (Å²) in [4.78, 5) is 15.0. The number of benzene rings is 1. The summed E-state index contributed by atoms with van der Waals surface area (Å²) in [5.41, 5.74) is 0.623. The maximum atomic E-state index is 13.6. The van der Waals surface area contributed by atoms with Crippen molar-refractivity contribution >= 4 is 5.97 Å². The zero-order valence-electron chi connectivity index (χ0n) is 10.2. The highest BCUT2D eigenvalue weighted by atomic mass is 19.1. The van der Waals surface area contributed by atoms with Gasteiger partial charge in [0.25, 0.3) is 0 Å². The summed E-state index contributed by atoms with van der Waals surface area (Å²) in [6.45, 7) is 0.837. The lowest BCUT2D eigenvalue weighted by atomic mass is 10.1. The molecule has 19 heavy (non-hydrogen) atoms. The van der Waals surface area contributed by atoms with Gasteiger partial charge in [0, 0.05) is 6.54 Å². The van der Waals surface area contributed by atoms with Gasteiger partial charge in [-0.1, -0.05) is 11.2 Å². The number of esters is 1. The summed E-state index contributed by atoms with van der Waals surface area (Å²) in [5.74, 6) is -0.777. The first-order valence-electron chi connectivity index (χ1n) is 5.53. The number of nitrogens with one attached hydrogen (secondary N) is 1. The van der Waals surface area contributed by atoms with E-state index in [0.29, 0.717) is 24.5 Å². The molecule has 2 aromatic rings. The first-order valence-corrected chi connectivity index (χ1v) is 5.53. The average Bonchev–Trinajstić information content (AvgIpc) is 2.91. The standard InChI is InChI=1S/C12H12FN3O3/c1-18-12(17)9-3-2-8(4-10(9)13)5-14-6-11-15-7-19-16-11/h2-4,7,14H,5-6H2,1H3. The highest BCUT2D eigenvalue weighted by molar-refractivity contribution is 5.89. The lowest BCUT2D eigenvalue weighted by Gasteiger charge is -2.05. The molecule has 1 aromatic heterocycles. The van der Waals surface area contributed by atoms with Gasteiger partial charge in [0.15, 0.2) is 5.82 Å². The van der Waals surface area contributed by atoms with E-state index >= 15 is 0 Å². The quantitative estimate of drug-likeness (QED) is 0.821. The van der Waals surface area contributed by atoms with Crippen LogP contribution in [0.25, 0.3) is 0 Å². The number of rotatable bonds is 5. The normalized spacial score (nSPS) is 10.4. The molecular formula is C12H12FN3O3. The van der Waals surface area contributed by atoms with E-state index in [4.69, 9.17) is 0 Å². The molecule has 1 heterocycles. The monoisotopic (exact) mass is 265 g/mol. The maximum absolute atomic E-state index is 13.6. The largest absolute Gasteiger partial charge is 0.465 e. The van der Waals surface area contributed by atoms with Gasteiger partial charge in [0.05, 0.1) is 19.2 Å². The van der Waals surface area contributed by atoms with Gasteiger partial charge in [-0.05, 0) is 17.7 Å². The van der Waals surface area contributed by atoms with E-state index in [1.807, 2.05) is 0 Å². The molecule has 0 amide bonds. The molecule has 0 saturated carbocycles. The molecule has 7 heteroatoms. The lowest BCUT2D eigenvalue weighted by molar-refractivity contribution is 0.0595. The van der Waals surface area contributed by atoms with Crippen LogP contribution in [0.1, 0.15) is 21.7 Å². The Labute approximate surface area is 108 Å². The Morgan fingerprint density at radius 1 is 1.47 bits per heavy atom. The molecule has 0 radical (unpaired) electrons. The summed E-state index contributed by atoms with van der Waals surface area (Å²) in [6, 6.07) is 4.33. The molecule has 2 rings (SSSR count). The predicted octanol–water partition coefficient (Wildman–Crippen LogP) is 1.29. The van der Waals surface area contributed by atoms with Crippen LogP contribution in [0.5, 0.6) is 0 Å². The zero-order valence-corrected chi connectivity index (χ0v) is 10.2. The molecule has 1 N–H and O–H groups in total. The minimum absolute atomic E-state index is 0.0792. The van der Waals surface area contributed by atoms with Gasteiger partial charge < -0.3 is 14.6 Å². The number of carbonyl (C=O) groups excluding carboxylic acids is 1. The highest BCUT2D eigenvalue weighted by Crippen LogP contribution is 2.11. The van der Waals surface area contributed by atoms with Crippen molar-refractivity contribution < 1.29 is 18.4 Å². The summed E-state index contributed by atoms with van der Waals surface area (Å²) >= 11 is 0. The average molecular weight is 265 g/mol. The SMILES string of the molecule is COC(=O)c1ccc(CNCc2ncon2)cc1F. The molecule has 0 bridgehead atoms. The van der Waals surface area contributed by atoms with E-state index in [0.717, 1.165) is 0 Å². The van der Waals surface area contributed by atoms with Gasteiger partial charge in [0.2, 0.25) is 6.39 Å². The zero-order chi connectivity index (χ0) is 13.7. The Morgan fingerprint density at radius 3 is 2.95 bits per heavy atom. The topological polar surface area (TPSA) is 77.2 Å². The smallest absolute Gasteiger partial charge is 0.340 e. The first-order chi connectivity index (χ1) is 9.20. The molecular weight excluding hydrogens is 253 g/mol. The second-order valence-corrected chi connectivity index (χ2v) is 3.76. The molecule has 0 spiro atoms. The van der Waals surface area contributed by atoms with Crippen LogP contribution < -0.4 is 5.32 Å². The van der Waals surface area contributed by atoms with Crippen LogP contribution in [0.3, 0.4) is 0 Å². The third kappa shape index (κ3) is 3.35. The number of ether oxygens (including phenoxy) is 1. The minimum atomic E-state index is -0.691. The fraction of sp³-hybridized carbons (Fsp3) is 0.250. The number of aromatic nitrogens is 2. The van der Waals surface area contributed by atoms with Crippen LogP contribution >= 0.6 is 0 Å². The van der Waals surface area contributed by atoms with Crippen molar-refractivity contribution in [3.63, 3.8) is 0 Å². The van der Waals surface area contributed by atoms with Crippen LogP contribution in [-0.4, -0.2) is 23.2 Å². The molecule has 6 nitrogen and oxygen atoms in total. The molecule has 1 aromatic carbocycles. The van der Waals surface area contributed by atoms with E-state index < -0.39 is 11.8 Å². The number of nitrogens with zero attached hydrogens (tertiary/aromatic N) is 2. The molecule has 0 unspecified atom stereocenters. The number of methoxy groups -OCH3 is 1. The van der Waals surface area contributed by atoms with Crippen LogP contribution in [0.2, 0.25) is 0 Å². The Bertz CT molecular complexity index is 557. The van der Waals surface area contributed by atoms with Crippen molar-refractivity contribution in [3.05, 3.63) is 47.4 Å². The summed E-state index contributed by atoms with van der Waals surface area (Å²) in [5, 5.41) is 6.66. The van der Waals surface area contributed by atoms with Crippen LogP contribution in [-0.2, 0) is 17.8 Å². The molecule has 0 atom stereocenters. The number of carbonyl (C=O) groups is 1. The molecule has 100 valence electrons. The Kier molecular flexibility index (Phi) is 4.19. The molecule has 0 aliphatic carbocycles. The van der Waals surface area contributed by atoms with E-state index in [2.05, 4.69) is 24.7 Å². The molecule has 0 aliphatic rings. The van der Waals surface area contributed by atoms with Gasteiger partial charge in [0.1, 0.15) is 5.82 Å². The lowest BCUT2D eigenvalue weighted by Crippen LogP contribution is -2.14. The number of halogens is 1. The Morgan fingerprint density at radius 2 is 2.32 bits per heavy atom. The number of hydrogen-bond donors (Lipinski definition) is 1. The van der Waals surface area contributed by atoms with Gasteiger partial charge in [-0.2, -0.15) is 4.98 Å². The predicted molar refractivity (Wildman–Crippen MR) is 62.6 cm³/mol. The fourth-order valence-corrected chi connectivity index (χ4v) is 1.53. The first kappa shape index (κ1) is 13.2. The molecule has 0 saturated heterocycles. The third-order valence-corrected chi connectivity index (χ3v) is 2.46. The van der Waals surface area contributed by atoms with E-state index in [-0.39, 0.29) is 5.56 Å². The van der Waals surface area contributed by atoms with E-state index in [1.165, 1.54) is 25.6 Å². The van der Waals surface area contributed by atoms with Crippen LogP contribution in [0.15, 0.2) is 29.1 Å². The second kappa shape index (κ2) is 6.05. The van der Waals surface area contributed by atoms with Crippen molar-refractivity contribution in [2.24, 2.45) is 0 Å². The van der Waals surface area contributed by atoms with E-state index in [1.54, 1.807) is 6.07 Å². The fourth-order valence-electron chi connectivity index (χ4n) is 1.53. The van der Waals surface area contributed by atoms with Crippen molar-refractivity contribution in [1.82, 2.24) is 15.5 Å². The van der Waals surface area contributed by atoms with Gasteiger partial charge in [-0.15, -0.1) is 0 Å². The van der Waals surface area contributed by atoms with Crippen molar-refractivity contribution in [3.8, 4) is 0 Å². The summed E-state index contributed by atoms with van der Waals surface area (Å²) in [6.07, 6.45) is 1.24. The van der Waals surface area contributed by atoms with Crippen LogP contribution in [0.4, 0.5) is 4.39 Å². The van der Waals surface area contributed by atoms with Gasteiger partial charge >= 0.3 is 5.97 Å². The maximum Gasteiger partial charge on any atom is 0.340 e. The Balaban J connectivity index is 1.94. The number of hydrogen-bond acceptors (Lipinski definition) is 6. The van der Waals surface area contributed by atoms with Crippen molar-refractivity contribution in [2.75, 3.05) is 7.11 Å². The Hall–Kier alpha value is -2.28. The third-order valence-electron chi connectivity index (χ3n) is 2.46. The summed E-state index contributed by atoms with van der Waals surface area (Å²) < 4.78 is 22.7. The van der Waals surface area contributed by atoms with Crippen molar-refractivity contribution in [1.29, 1.82) is 0 Å². The van der Waals surface area contributed by atoms with E-state index in [9.17, 15) is 9.18 Å². The van der Waals surface area contributed by atoms with Gasteiger partial charge in [-0.25, -0.2) is 9.18 Å².